The minimum Gasteiger partial charge on any atom is -0.370 e. The van der Waals surface area contributed by atoms with Gasteiger partial charge in [-0.3, -0.25) is 0 Å². The number of rotatable bonds is 4. The molecule has 7 heteroatoms. The molecule has 3 N–H and O–H groups in total. The maximum atomic E-state index is 13.0. The maximum absolute atomic E-state index is 13.0. The highest BCUT2D eigenvalue weighted by Crippen LogP contribution is 2.21. The molecule has 1 aromatic carbocycles. The number of nitrogens with one attached hydrogen (secondary N) is 1. The van der Waals surface area contributed by atoms with Gasteiger partial charge >= 0.3 is 0 Å². The summed E-state index contributed by atoms with van der Waals surface area (Å²) in [6, 6.07) is 2.16. The molecule has 1 rings (SSSR count). The third-order valence-corrected chi connectivity index (χ3v) is 2.82. The van der Waals surface area contributed by atoms with Crippen LogP contribution in [0.3, 0.4) is 0 Å². The van der Waals surface area contributed by atoms with E-state index in [1.54, 1.807) is 0 Å². The summed E-state index contributed by atoms with van der Waals surface area (Å²) in [4.78, 5) is 4.02. The minimum absolute atomic E-state index is 0. The number of hydrogen-bond donors (Lipinski definition) is 2. The van der Waals surface area contributed by atoms with E-state index < -0.39 is 11.6 Å². The van der Waals surface area contributed by atoms with E-state index in [0.29, 0.717) is 16.6 Å². The van der Waals surface area contributed by atoms with Crippen molar-refractivity contribution in [1.82, 2.24) is 5.32 Å². The summed E-state index contributed by atoms with van der Waals surface area (Å²) in [7, 11) is 0. The van der Waals surface area contributed by atoms with Crippen molar-refractivity contribution in [2.45, 2.75) is 13.5 Å². The molecule has 0 spiro atoms. The van der Waals surface area contributed by atoms with Gasteiger partial charge in [-0.2, -0.15) is 0 Å². The van der Waals surface area contributed by atoms with Crippen molar-refractivity contribution in [3.05, 3.63) is 46.0 Å². The van der Waals surface area contributed by atoms with Gasteiger partial charge in [0.1, 0.15) is 0 Å². The minimum atomic E-state index is -0.906. The van der Waals surface area contributed by atoms with Crippen molar-refractivity contribution in [2.75, 3.05) is 6.54 Å². The second-order valence-corrected chi connectivity index (χ2v) is 4.72. The van der Waals surface area contributed by atoms with Gasteiger partial charge in [-0.1, -0.05) is 28.1 Å². The molecule has 3 nitrogen and oxygen atoms in total. The van der Waals surface area contributed by atoms with Gasteiger partial charge in [0.2, 0.25) is 0 Å². The highest BCUT2D eigenvalue weighted by Gasteiger charge is 2.07. The topological polar surface area (TPSA) is 50.4 Å². The van der Waals surface area contributed by atoms with Crippen LogP contribution in [0.4, 0.5) is 8.78 Å². The molecule has 0 aliphatic rings. The molecule has 106 valence electrons. The summed E-state index contributed by atoms with van der Waals surface area (Å²) < 4.78 is 26.4. The molecule has 0 fully saturated rings. The number of aliphatic imine (C=N–C) groups is 1. The van der Waals surface area contributed by atoms with Gasteiger partial charge in [-0.05, 0) is 24.6 Å². The zero-order valence-corrected chi connectivity index (χ0v) is 14.3. The number of nitrogens with zero attached hydrogens (tertiary/aromatic N) is 1. The summed E-state index contributed by atoms with van der Waals surface area (Å²) in [6.07, 6.45) is 0. The summed E-state index contributed by atoms with van der Waals surface area (Å²) in [5, 5.41) is 2.84. The Hall–Kier alpha value is -0.700. The fourth-order valence-electron chi connectivity index (χ4n) is 1.15. The molecule has 0 aliphatic carbocycles. The Bertz CT molecular complexity index is 492. The van der Waals surface area contributed by atoms with E-state index in [1.807, 2.05) is 6.92 Å². The van der Waals surface area contributed by atoms with Crippen molar-refractivity contribution >= 4 is 45.9 Å². The van der Waals surface area contributed by atoms with E-state index in [2.05, 4.69) is 32.8 Å². The first-order valence-electron chi connectivity index (χ1n) is 5.21. The smallest absolute Gasteiger partial charge is 0.189 e. The Labute approximate surface area is 136 Å². The molecular weight excluding hydrogens is 431 g/mol. The van der Waals surface area contributed by atoms with Gasteiger partial charge in [-0.25, -0.2) is 13.8 Å². The van der Waals surface area contributed by atoms with E-state index in [-0.39, 0.29) is 36.5 Å². The average Bonchev–Trinajstić information content (AvgIpc) is 2.29. The number of nitrogens with two attached hydrogens (primary N) is 1. The SMILES string of the molecule is C=C(C)CNC(N)=NCc1cc(F)c(F)cc1Br.I. The highest BCUT2D eigenvalue weighted by atomic mass is 127. The first kappa shape index (κ1) is 18.3. The molecular formula is C12H15BrF2IN3. The van der Waals surface area contributed by atoms with Gasteiger partial charge in [0.05, 0.1) is 6.54 Å². The van der Waals surface area contributed by atoms with Crippen molar-refractivity contribution < 1.29 is 8.78 Å². The van der Waals surface area contributed by atoms with Crippen molar-refractivity contribution in [1.29, 1.82) is 0 Å². The Kier molecular flexibility index (Phi) is 8.15. The van der Waals surface area contributed by atoms with Gasteiger partial charge in [-0.15, -0.1) is 24.0 Å². The predicted molar refractivity (Wildman–Crippen MR) is 87.6 cm³/mol. The van der Waals surface area contributed by atoms with E-state index in [1.165, 1.54) is 0 Å². The van der Waals surface area contributed by atoms with Crippen molar-refractivity contribution in [2.24, 2.45) is 10.7 Å². The fourth-order valence-corrected chi connectivity index (χ4v) is 1.59. The quantitative estimate of drug-likeness (QED) is 0.245. The Morgan fingerprint density at radius 3 is 2.58 bits per heavy atom. The maximum Gasteiger partial charge on any atom is 0.189 e. The van der Waals surface area contributed by atoms with Gasteiger partial charge in [0.15, 0.2) is 17.6 Å². The molecule has 0 heterocycles. The summed E-state index contributed by atoms with van der Waals surface area (Å²) in [6.45, 7) is 6.24. The third kappa shape index (κ3) is 6.33. The molecule has 0 atom stereocenters. The summed E-state index contributed by atoms with van der Waals surface area (Å²) >= 11 is 3.14. The molecule has 0 bridgehead atoms. The lowest BCUT2D eigenvalue weighted by Gasteiger charge is -2.06. The van der Waals surface area contributed by atoms with Crippen LogP contribution in [0.15, 0.2) is 33.7 Å². The van der Waals surface area contributed by atoms with Crippen molar-refractivity contribution in [3.63, 3.8) is 0 Å². The predicted octanol–water partition coefficient (Wildman–Crippen LogP) is 3.33. The van der Waals surface area contributed by atoms with Crippen LogP contribution in [-0.4, -0.2) is 12.5 Å². The van der Waals surface area contributed by atoms with Crippen LogP contribution < -0.4 is 11.1 Å². The molecule has 0 saturated carbocycles. The standard InChI is InChI=1S/C12H14BrF2N3.HI/c1-7(2)5-17-12(16)18-6-8-3-10(14)11(15)4-9(8)13;/h3-4H,1,5-6H2,2H3,(H3,16,17,18);1H. The first-order valence-corrected chi connectivity index (χ1v) is 6.01. The van der Waals surface area contributed by atoms with Gasteiger partial charge < -0.3 is 11.1 Å². The van der Waals surface area contributed by atoms with Crippen LogP contribution in [0, 0.1) is 11.6 Å². The number of hydrogen-bond acceptors (Lipinski definition) is 1. The average molecular weight is 446 g/mol. The molecule has 1 aromatic rings. The number of guanidine groups is 1. The molecule has 19 heavy (non-hydrogen) atoms. The zero-order valence-electron chi connectivity index (χ0n) is 10.3. The molecule has 0 unspecified atom stereocenters. The number of benzene rings is 1. The van der Waals surface area contributed by atoms with Crippen LogP contribution in [0.2, 0.25) is 0 Å². The highest BCUT2D eigenvalue weighted by molar-refractivity contribution is 14.0. The van der Waals surface area contributed by atoms with E-state index in [0.717, 1.165) is 17.7 Å². The molecule has 0 aliphatic heterocycles. The van der Waals surface area contributed by atoms with E-state index >= 15 is 0 Å². The van der Waals surface area contributed by atoms with E-state index in [9.17, 15) is 8.78 Å². The Morgan fingerprint density at radius 1 is 1.42 bits per heavy atom. The lowest BCUT2D eigenvalue weighted by molar-refractivity contribution is 0.506. The fraction of sp³-hybridized carbons (Fsp3) is 0.250. The first-order chi connectivity index (χ1) is 8.40. The summed E-state index contributed by atoms with van der Waals surface area (Å²) in [5.74, 6) is -1.57. The monoisotopic (exact) mass is 445 g/mol. The lowest BCUT2D eigenvalue weighted by atomic mass is 10.2. The summed E-state index contributed by atoms with van der Waals surface area (Å²) in [5.41, 5.74) is 7.04. The van der Waals surface area contributed by atoms with Gasteiger partial charge in [0.25, 0.3) is 0 Å². The van der Waals surface area contributed by atoms with Crippen LogP contribution in [0.5, 0.6) is 0 Å². The van der Waals surface area contributed by atoms with E-state index in [4.69, 9.17) is 5.73 Å². The molecule has 0 amide bonds. The Balaban J connectivity index is 0.00000324. The van der Waals surface area contributed by atoms with Crippen LogP contribution in [0.25, 0.3) is 0 Å². The second-order valence-electron chi connectivity index (χ2n) is 3.87. The molecule has 0 radical (unpaired) electrons. The largest absolute Gasteiger partial charge is 0.370 e. The van der Waals surface area contributed by atoms with Gasteiger partial charge in [0, 0.05) is 11.0 Å². The Morgan fingerprint density at radius 2 is 2.00 bits per heavy atom. The lowest BCUT2D eigenvalue weighted by Crippen LogP contribution is -2.32. The third-order valence-electron chi connectivity index (χ3n) is 2.08. The van der Waals surface area contributed by atoms with Crippen LogP contribution >= 0.6 is 39.9 Å². The number of halogens is 4. The van der Waals surface area contributed by atoms with Crippen molar-refractivity contribution in [3.8, 4) is 0 Å². The normalized spacial score (nSPS) is 10.8. The van der Waals surface area contributed by atoms with Crippen LogP contribution in [0.1, 0.15) is 12.5 Å². The molecule has 0 saturated heterocycles. The second kappa shape index (κ2) is 8.47. The van der Waals surface area contributed by atoms with Crippen LogP contribution in [-0.2, 0) is 6.54 Å². The zero-order chi connectivity index (χ0) is 13.7. The molecule has 0 aromatic heterocycles.